The van der Waals surface area contributed by atoms with Crippen LogP contribution in [0.1, 0.15) is 27.7 Å². The topological polar surface area (TPSA) is 391 Å². The van der Waals surface area contributed by atoms with E-state index in [9.17, 15) is 66.1 Å². The number of hydrogen-bond donors (Lipinski definition) is 13. The van der Waals surface area contributed by atoms with Gasteiger partial charge >= 0.3 is 5.97 Å². The Labute approximate surface area is 327 Å². The highest BCUT2D eigenvalue weighted by Gasteiger charge is 2.57. The van der Waals surface area contributed by atoms with Crippen molar-refractivity contribution in [2.24, 2.45) is 0 Å². The summed E-state index contributed by atoms with van der Waals surface area (Å²) < 4.78 is 60.3. The van der Waals surface area contributed by atoms with E-state index < -0.39 is 159 Å². The molecule has 26 nitrogen and oxygen atoms in total. The first kappa shape index (κ1) is 46.9. The maximum Gasteiger partial charge on any atom is 0.335 e. The standard InChI is InChI=1S/C30H50O26S/c1-5-9(31)20(17(39)26(43)45-5)50-30-24(53-28-15(37)12(34)13(35)23(52-28)25(41)42)22(11(33)7(3)47-30)51-29-18(40)21(10(32)6(2)46-29)49-27-16(38)14(36)19(8(4)48-27)54-57-56-55-44/h5-24,26-40,43-44H,1-4H3,(H,41,42)/t5?,6?,7?,8?,9-,10-,11-,12-,13+,14-,15?,16?,17?,18?,19-,20+,21+,22+,23?,24?,26?,27+,28-,29+,30+/m1/s1. The minimum absolute atomic E-state index is 0.108. The van der Waals surface area contributed by atoms with Crippen LogP contribution in [-0.4, -0.2) is 226 Å². The Balaban J connectivity index is 1.42. The zero-order chi connectivity index (χ0) is 42.2. The number of ether oxygens (including phenoxy) is 9. The van der Waals surface area contributed by atoms with E-state index in [1.807, 2.05) is 0 Å². The molecule has 5 rings (SSSR count). The molecule has 5 saturated heterocycles. The number of carboxylic acid groups (broad SMARTS) is 1. The summed E-state index contributed by atoms with van der Waals surface area (Å²) >= 11 is 0.108. The first-order valence-electron chi connectivity index (χ1n) is 17.7. The van der Waals surface area contributed by atoms with Crippen molar-refractivity contribution < 1.29 is 128 Å². The molecule has 27 heteroatoms. The molecular weight excluding hydrogens is 808 g/mol. The second-order valence-corrected chi connectivity index (χ2v) is 14.7. The van der Waals surface area contributed by atoms with Gasteiger partial charge in [0.25, 0.3) is 0 Å². The molecule has 0 spiro atoms. The van der Waals surface area contributed by atoms with Crippen molar-refractivity contribution in [1.29, 1.82) is 0 Å². The fourth-order valence-electron chi connectivity index (χ4n) is 6.95. The molecule has 0 bridgehead atoms. The van der Waals surface area contributed by atoms with Crippen molar-refractivity contribution >= 4 is 18.3 Å². The van der Waals surface area contributed by atoms with Crippen molar-refractivity contribution in [1.82, 2.24) is 0 Å². The third-order valence-electron chi connectivity index (χ3n) is 10.3. The molecule has 0 radical (unpaired) electrons. The SMILES string of the molecule is CC1OC(O)C(O)[C@@H](O[C@@H]2OC(C)[C@@H](O)[C@H](O[C@@H]3OC(C)[C@@H](O)[C@H](O[C@@H]4OC(C)[C@@H](OSOOO)[C@H](O)C4O)C3O)C2O[C@H]2OC(C(=O)O)[C@@H](O)[C@@H](O)C2O)[C@@H]1O. The molecule has 0 aromatic rings. The first-order valence-corrected chi connectivity index (χ1v) is 18.4. The van der Waals surface area contributed by atoms with Gasteiger partial charge in [0.1, 0.15) is 91.6 Å². The Morgan fingerprint density at radius 1 is 0.456 bits per heavy atom. The minimum Gasteiger partial charge on any atom is -0.479 e. The first-order chi connectivity index (χ1) is 26.8. The van der Waals surface area contributed by atoms with Crippen LogP contribution in [0.25, 0.3) is 0 Å². The highest BCUT2D eigenvalue weighted by molar-refractivity contribution is 7.89. The van der Waals surface area contributed by atoms with E-state index in [0.29, 0.717) is 0 Å². The lowest BCUT2D eigenvalue weighted by Gasteiger charge is -2.50. The van der Waals surface area contributed by atoms with E-state index in [1.165, 1.54) is 27.7 Å². The summed E-state index contributed by atoms with van der Waals surface area (Å²) in [5.41, 5.74) is 0. The van der Waals surface area contributed by atoms with Gasteiger partial charge in [0.05, 0.1) is 24.4 Å². The van der Waals surface area contributed by atoms with Crippen LogP contribution in [0, 0.1) is 0 Å². The van der Waals surface area contributed by atoms with E-state index in [2.05, 4.69) is 9.37 Å². The van der Waals surface area contributed by atoms with Crippen molar-refractivity contribution in [3.05, 3.63) is 0 Å². The number of carbonyl (C=O) groups is 1. The Morgan fingerprint density at radius 3 is 1.53 bits per heavy atom. The van der Waals surface area contributed by atoms with Crippen molar-refractivity contribution in [2.45, 2.75) is 181 Å². The molecule has 11 unspecified atom stereocenters. The molecule has 5 heterocycles. The molecule has 13 N–H and O–H groups in total. The van der Waals surface area contributed by atoms with Crippen molar-refractivity contribution in [2.75, 3.05) is 0 Å². The summed E-state index contributed by atoms with van der Waals surface area (Å²) in [5.74, 6) is -1.77. The summed E-state index contributed by atoms with van der Waals surface area (Å²) in [6.45, 7) is 5.40. The fourth-order valence-corrected chi connectivity index (χ4v) is 7.36. The van der Waals surface area contributed by atoms with Gasteiger partial charge in [-0.3, -0.25) is 4.18 Å². The second-order valence-electron chi connectivity index (χ2n) is 14.2. The molecule has 25 atom stereocenters. The van der Waals surface area contributed by atoms with Crippen LogP contribution < -0.4 is 0 Å². The number of aliphatic hydroxyl groups is 11. The Kier molecular flexibility index (Phi) is 16.2. The lowest BCUT2D eigenvalue weighted by Crippen LogP contribution is -2.68. The quantitative estimate of drug-likeness (QED) is 0.0354. The monoisotopic (exact) mass is 858 g/mol. The normalized spacial score (nSPS) is 52.4. The summed E-state index contributed by atoms with van der Waals surface area (Å²) in [4.78, 5) is 11.9. The van der Waals surface area contributed by atoms with Gasteiger partial charge in [-0.05, 0) is 27.7 Å². The molecule has 5 aliphatic rings. The molecular formula is C30H50O26S. The van der Waals surface area contributed by atoms with E-state index >= 15 is 0 Å². The van der Waals surface area contributed by atoms with Crippen LogP contribution in [0.4, 0.5) is 0 Å². The Hall–Kier alpha value is -1.14. The smallest absolute Gasteiger partial charge is 0.335 e. The van der Waals surface area contributed by atoms with Gasteiger partial charge < -0.3 is 104 Å². The van der Waals surface area contributed by atoms with Crippen molar-refractivity contribution in [3.63, 3.8) is 0 Å². The number of aliphatic carboxylic acids is 1. The van der Waals surface area contributed by atoms with Gasteiger partial charge in [-0.1, -0.05) is 5.04 Å². The maximum atomic E-state index is 11.9. The van der Waals surface area contributed by atoms with Gasteiger partial charge in [0.2, 0.25) is 0 Å². The minimum atomic E-state index is -2.17. The van der Waals surface area contributed by atoms with Crippen LogP contribution in [0.5, 0.6) is 0 Å². The van der Waals surface area contributed by atoms with Crippen LogP contribution >= 0.6 is 12.3 Å². The largest absolute Gasteiger partial charge is 0.479 e. The molecule has 0 aromatic carbocycles. The number of hydrogen-bond acceptors (Lipinski definition) is 26. The lowest BCUT2D eigenvalue weighted by molar-refractivity contribution is -0.435. The molecule has 332 valence electrons. The number of aliphatic hydroxyl groups excluding tert-OH is 11. The molecule has 0 aromatic heterocycles. The number of rotatable bonds is 13. The second kappa shape index (κ2) is 19.7. The predicted molar refractivity (Wildman–Crippen MR) is 173 cm³/mol. The molecule has 5 fully saturated rings. The highest BCUT2D eigenvalue weighted by Crippen LogP contribution is 2.37. The van der Waals surface area contributed by atoms with Gasteiger partial charge in [0, 0.05) is 0 Å². The average Bonchev–Trinajstić information content (AvgIpc) is 3.16. The maximum absolute atomic E-state index is 11.9. The third kappa shape index (κ3) is 9.99. The van der Waals surface area contributed by atoms with Gasteiger partial charge in [-0.25, -0.2) is 10.1 Å². The lowest BCUT2D eigenvalue weighted by atomic mass is 9.95. The van der Waals surface area contributed by atoms with E-state index in [4.69, 9.17) is 52.1 Å². The van der Waals surface area contributed by atoms with Gasteiger partial charge in [0.15, 0.2) is 49.9 Å². The number of carboxylic acids is 1. The third-order valence-corrected chi connectivity index (χ3v) is 10.7. The Morgan fingerprint density at radius 2 is 0.912 bits per heavy atom. The van der Waals surface area contributed by atoms with E-state index in [0.717, 1.165) is 0 Å². The predicted octanol–water partition coefficient (Wildman–Crippen LogP) is -6.71. The molecule has 57 heavy (non-hydrogen) atoms. The Bertz CT molecular complexity index is 1280. The summed E-state index contributed by atoms with van der Waals surface area (Å²) in [7, 11) is 0. The van der Waals surface area contributed by atoms with Crippen LogP contribution in [-0.2, 0) is 61.0 Å². The van der Waals surface area contributed by atoms with Crippen LogP contribution in [0.3, 0.4) is 0 Å². The molecule has 0 aliphatic carbocycles. The van der Waals surface area contributed by atoms with E-state index in [1.54, 1.807) is 0 Å². The summed E-state index contributed by atoms with van der Waals surface area (Å²) in [5, 5.41) is 140. The van der Waals surface area contributed by atoms with Crippen LogP contribution in [0.15, 0.2) is 0 Å². The van der Waals surface area contributed by atoms with Gasteiger partial charge in [-0.2, -0.15) is 0 Å². The van der Waals surface area contributed by atoms with E-state index in [-0.39, 0.29) is 12.3 Å². The highest BCUT2D eigenvalue weighted by atomic mass is 32.2. The zero-order valence-corrected chi connectivity index (χ0v) is 31.3. The summed E-state index contributed by atoms with van der Waals surface area (Å²) in [6.07, 6.45) is -44.1. The molecule has 5 aliphatic heterocycles. The molecule has 0 amide bonds. The summed E-state index contributed by atoms with van der Waals surface area (Å²) in [6, 6.07) is 0. The molecule has 0 saturated carbocycles. The average molecular weight is 859 g/mol. The van der Waals surface area contributed by atoms with Crippen LogP contribution in [0.2, 0.25) is 0 Å². The van der Waals surface area contributed by atoms with Gasteiger partial charge in [-0.15, -0.1) is 4.33 Å². The van der Waals surface area contributed by atoms with Crippen molar-refractivity contribution in [3.8, 4) is 0 Å². The zero-order valence-electron chi connectivity index (χ0n) is 30.5. The fraction of sp³-hybridized carbons (Fsp3) is 0.967.